The molecule has 0 aromatic carbocycles. The van der Waals surface area contributed by atoms with E-state index in [1.165, 1.54) is 23.2 Å². The highest BCUT2D eigenvalue weighted by Crippen LogP contribution is 2.20. The van der Waals surface area contributed by atoms with Gasteiger partial charge in [0.25, 0.3) is 5.91 Å². The molecule has 1 atom stereocenters. The first-order chi connectivity index (χ1) is 9.10. The Morgan fingerprint density at radius 1 is 1.53 bits per heavy atom. The number of hydrogen-bond acceptors (Lipinski definition) is 4. The zero-order valence-electron chi connectivity index (χ0n) is 10.8. The molecule has 0 spiro atoms. The van der Waals surface area contributed by atoms with E-state index in [1.807, 2.05) is 13.1 Å². The lowest BCUT2D eigenvalue weighted by atomic mass is 10.2. The van der Waals surface area contributed by atoms with Crippen molar-refractivity contribution in [3.05, 3.63) is 50.3 Å². The SMILES string of the molecule is CCc1cnc(C(C)NC(=O)c2ccc(=O)[nH]c2)s1. The highest BCUT2D eigenvalue weighted by molar-refractivity contribution is 7.11. The minimum atomic E-state index is -0.225. The molecule has 0 aliphatic rings. The van der Waals surface area contributed by atoms with E-state index in [2.05, 4.69) is 22.2 Å². The van der Waals surface area contributed by atoms with Crippen molar-refractivity contribution in [2.24, 2.45) is 0 Å². The molecule has 100 valence electrons. The fourth-order valence-corrected chi connectivity index (χ4v) is 2.44. The van der Waals surface area contributed by atoms with Crippen LogP contribution >= 0.6 is 11.3 Å². The molecule has 1 unspecified atom stereocenters. The van der Waals surface area contributed by atoms with Crippen LogP contribution in [0.3, 0.4) is 0 Å². The van der Waals surface area contributed by atoms with Crippen LogP contribution < -0.4 is 10.9 Å². The van der Waals surface area contributed by atoms with E-state index in [4.69, 9.17) is 0 Å². The third-order valence-corrected chi connectivity index (χ3v) is 4.01. The average molecular weight is 277 g/mol. The van der Waals surface area contributed by atoms with Crippen molar-refractivity contribution in [2.75, 3.05) is 0 Å². The Balaban J connectivity index is 2.05. The number of pyridine rings is 1. The van der Waals surface area contributed by atoms with Gasteiger partial charge in [-0.05, 0) is 19.4 Å². The molecule has 5 nitrogen and oxygen atoms in total. The summed E-state index contributed by atoms with van der Waals surface area (Å²) in [5.41, 5.74) is 0.204. The van der Waals surface area contributed by atoms with E-state index in [1.54, 1.807) is 11.3 Å². The number of rotatable bonds is 4. The predicted octanol–water partition coefficient (Wildman–Crippen LogP) is 1.88. The Kier molecular flexibility index (Phi) is 4.11. The highest BCUT2D eigenvalue weighted by atomic mass is 32.1. The molecule has 0 saturated heterocycles. The van der Waals surface area contributed by atoms with Gasteiger partial charge in [-0.3, -0.25) is 9.59 Å². The van der Waals surface area contributed by atoms with Crippen LogP contribution in [0, 0.1) is 0 Å². The number of aromatic nitrogens is 2. The lowest BCUT2D eigenvalue weighted by molar-refractivity contribution is 0.0939. The Labute approximate surface area is 114 Å². The number of aromatic amines is 1. The summed E-state index contributed by atoms with van der Waals surface area (Å²) >= 11 is 1.60. The van der Waals surface area contributed by atoms with Crippen LogP contribution in [0.5, 0.6) is 0 Å². The normalized spacial score (nSPS) is 12.1. The zero-order chi connectivity index (χ0) is 13.8. The van der Waals surface area contributed by atoms with E-state index in [9.17, 15) is 9.59 Å². The van der Waals surface area contributed by atoms with Gasteiger partial charge in [0.2, 0.25) is 5.56 Å². The molecule has 2 heterocycles. The van der Waals surface area contributed by atoms with Crippen molar-refractivity contribution in [1.82, 2.24) is 15.3 Å². The summed E-state index contributed by atoms with van der Waals surface area (Å²) in [5, 5.41) is 3.74. The van der Waals surface area contributed by atoms with E-state index in [-0.39, 0.29) is 17.5 Å². The second kappa shape index (κ2) is 5.79. The molecule has 2 N–H and O–H groups in total. The molecule has 19 heavy (non-hydrogen) atoms. The molecular weight excluding hydrogens is 262 g/mol. The smallest absolute Gasteiger partial charge is 0.253 e. The summed E-state index contributed by atoms with van der Waals surface area (Å²) in [5.74, 6) is -0.225. The van der Waals surface area contributed by atoms with Gasteiger partial charge in [-0.25, -0.2) is 4.98 Å². The average Bonchev–Trinajstić information content (AvgIpc) is 2.88. The molecular formula is C13H15N3O2S. The van der Waals surface area contributed by atoms with Crippen LogP contribution in [0.15, 0.2) is 29.3 Å². The number of nitrogens with zero attached hydrogens (tertiary/aromatic N) is 1. The van der Waals surface area contributed by atoms with Crippen molar-refractivity contribution in [3.8, 4) is 0 Å². The monoisotopic (exact) mass is 277 g/mol. The molecule has 2 rings (SSSR count). The van der Waals surface area contributed by atoms with Crippen LogP contribution in [0.25, 0.3) is 0 Å². The minimum absolute atomic E-state index is 0.148. The van der Waals surface area contributed by atoms with Crippen molar-refractivity contribution in [2.45, 2.75) is 26.3 Å². The third-order valence-electron chi connectivity index (χ3n) is 2.68. The molecule has 2 aromatic rings. The van der Waals surface area contributed by atoms with E-state index in [0.717, 1.165) is 11.4 Å². The first-order valence-corrected chi connectivity index (χ1v) is 6.86. The van der Waals surface area contributed by atoms with Crippen molar-refractivity contribution < 1.29 is 4.79 Å². The zero-order valence-corrected chi connectivity index (χ0v) is 11.6. The van der Waals surface area contributed by atoms with Gasteiger partial charge in [-0.1, -0.05) is 6.92 Å². The molecule has 0 bridgehead atoms. The first kappa shape index (κ1) is 13.5. The van der Waals surface area contributed by atoms with Crippen LogP contribution in [0.4, 0.5) is 0 Å². The maximum Gasteiger partial charge on any atom is 0.253 e. The van der Waals surface area contributed by atoms with Gasteiger partial charge in [-0.2, -0.15) is 0 Å². The first-order valence-electron chi connectivity index (χ1n) is 6.04. The fraction of sp³-hybridized carbons (Fsp3) is 0.308. The van der Waals surface area contributed by atoms with E-state index >= 15 is 0 Å². The van der Waals surface area contributed by atoms with E-state index in [0.29, 0.717) is 5.56 Å². The van der Waals surface area contributed by atoms with Crippen LogP contribution in [0.1, 0.15) is 40.1 Å². The maximum atomic E-state index is 12.0. The highest BCUT2D eigenvalue weighted by Gasteiger charge is 2.14. The maximum absolute atomic E-state index is 12.0. The second-order valence-electron chi connectivity index (χ2n) is 4.16. The molecule has 2 aromatic heterocycles. The number of carbonyl (C=O) groups excluding carboxylic acids is 1. The molecule has 0 aliphatic heterocycles. The quantitative estimate of drug-likeness (QED) is 0.896. The minimum Gasteiger partial charge on any atom is -0.343 e. The molecule has 1 amide bonds. The van der Waals surface area contributed by atoms with Crippen molar-refractivity contribution in [1.29, 1.82) is 0 Å². The lowest BCUT2D eigenvalue weighted by Crippen LogP contribution is -2.27. The van der Waals surface area contributed by atoms with E-state index < -0.39 is 0 Å². The second-order valence-corrected chi connectivity index (χ2v) is 5.30. The molecule has 6 heteroatoms. The van der Waals surface area contributed by atoms with Crippen LogP contribution in [0.2, 0.25) is 0 Å². The number of hydrogen-bond donors (Lipinski definition) is 2. The van der Waals surface area contributed by atoms with Gasteiger partial charge in [0.05, 0.1) is 11.6 Å². The summed E-state index contributed by atoms with van der Waals surface area (Å²) in [7, 11) is 0. The predicted molar refractivity (Wildman–Crippen MR) is 74.4 cm³/mol. The largest absolute Gasteiger partial charge is 0.343 e. The number of carbonyl (C=O) groups is 1. The summed E-state index contributed by atoms with van der Waals surface area (Å²) in [4.78, 5) is 30.9. The van der Waals surface area contributed by atoms with Crippen LogP contribution in [-0.2, 0) is 6.42 Å². The van der Waals surface area contributed by atoms with Gasteiger partial charge in [0.15, 0.2) is 0 Å². The van der Waals surface area contributed by atoms with Gasteiger partial charge < -0.3 is 10.3 Å². The summed E-state index contributed by atoms with van der Waals surface area (Å²) in [6.45, 7) is 3.96. The summed E-state index contributed by atoms with van der Waals surface area (Å²) in [6, 6.07) is 2.68. The van der Waals surface area contributed by atoms with Gasteiger partial charge in [0.1, 0.15) is 5.01 Å². The van der Waals surface area contributed by atoms with Crippen molar-refractivity contribution in [3.63, 3.8) is 0 Å². The molecule has 0 fully saturated rings. The third kappa shape index (κ3) is 3.29. The summed E-state index contributed by atoms with van der Waals surface area (Å²) in [6.07, 6.45) is 4.19. The van der Waals surface area contributed by atoms with Gasteiger partial charge in [0, 0.05) is 23.3 Å². The molecule has 0 aliphatic carbocycles. The number of aryl methyl sites for hydroxylation is 1. The molecule has 0 radical (unpaired) electrons. The fourth-order valence-electron chi connectivity index (χ4n) is 1.58. The molecule has 0 saturated carbocycles. The Morgan fingerprint density at radius 2 is 2.32 bits per heavy atom. The number of amides is 1. The topological polar surface area (TPSA) is 74.8 Å². The standard InChI is InChI=1S/C13H15N3O2S/c1-3-10-7-15-13(19-10)8(2)16-12(18)9-4-5-11(17)14-6-9/h4-8H,3H2,1-2H3,(H,14,17)(H,16,18). The Bertz CT molecular complexity index is 612. The Hall–Kier alpha value is -1.95. The van der Waals surface area contributed by atoms with Crippen LogP contribution in [-0.4, -0.2) is 15.9 Å². The lowest BCUT2D eigenvalue weighted by Gasteiger charge is -2.10. The summed E-state index contributed by atoms with van der Waals surface area (Å²) < 4.78 is 0. The number of thiazole rings is 1. The Morgan fingerprint density at radius 3 is 2.89 bits per heavy atom. The van der Waals surface area contributed by atoms with Gasteiger partial charge in [-0.15, -0.1) is 11.3 Å². The number of nitrogens with one attached hydrogen (secondary N) is 2. The number of H-pyrrole nitrogens is 1. The van der Waals surface area contributed by atoms with Crippen molar-refractivity contribution >= 4 is 17.2 Å². The van der Waals surface area contributed by atoms with Gasteiger partial charge >= 0.3 is 0 Å².